The van der Waals surface area contributed by atoms with Crippen molar-refractivity contribution in [1.29, 1.82) is 0 Å². The first-order valence-electron chi connectivity index (χ1n) is 8.45. The normalized spacial score (nSPS) is 11.4. The molecule has 122 valence electrons. The van der Waals surface area contributed by atoms with Gasteiger partial charge in [0.25, 0.3) is 0 Å². The third-order valence-electron chi connectivity index (χ3n) is 3.82. The first-order chi connectivity index (χ1) is 10.8. The number of rotatable bonds is 11. The van der Waals surface area contributed by atoms with E-state index >= 15 is 0 Å². The summed E-state index contributed by atoms with van der Waals surface area (Å²) in [6.45, 7) is 9.00. The Labute approximate surface area is 132 Å². The topological polar surface area (TPSA) is 69.7 Å². The fourth-order valence-corrected chi connectivity index (χ4v) is 2.51. The largest absolute Gasteiger partial charge is 0.368 e. The van der Waals surface area contributed by atoms with Crippen molar-refractivity contribution in [3.05, 3.63) is 12.7 Å². The van der Waals surface area contributed by atoms with E-state index in [1.54, 1.807) is 12.7 Å². The Bertz CT molecular complexity index is 530. The van der Waals surface area contributed by atoms with Crippen LogP contribution in [0.3, 0.4) is 0 Å². The summed E-state index contributed by atoms with van der Waals surface area (Å²) in [6, 6.07) is 0. The highest BCUT2D eigenvalue weighted by Crippen LogP contribution is 2.14. The molecule has 2 rings (SSSR count). The number of hydrogen-bond donors (Lipinski definition) is 2. The van der Waals surface area contributed by atoms with Crippen molar-refractivity contribution in [2.45, 2.75) is 46.0 Å². The van der Waals surface area contributed by atoms with Crippen LogP contribution in [-0.4, -0.2) is 51.0 Å². The van der Waals surface area contributed by atoms with Gasteiger partial charge in [-0.05, 0) is 38.9 Å². The molecule has 0 aromatic carbocycles. The number of aromatic amines is 1. The predicted molar refractivity (Wildman–Crippen MR) is 91.0 cm³/mol. The second-order valence-electron chi connectivity index (χ2n) is 5.65. The predicted octanol–water partition coefficient (Wildman–Crippen LogP) is 3.06. The molecular formula is C16H28N6. The van der Waals surface area contributed by atoms with Crippen molar-refractivity contribution in [1.82, 2.24) is 24.8 Å². The molecule has 0 fully saturated rings. The van der Waals surface area contributed by atoms with Gasteiger partial charge in [-0.15, -0.1) is 0 Å². The quantitative estimate of drug-likeness (QED) is 0.624. The minimum absolute atomic E-state index is 0.713. The molecule has 6 heteroatoms. The lowest BCUT2D eigenvalue weighted by Crippen LogP contribution is -2.28. The van der Waals surface area contributed by atoms with Gasteiger partial charge in [-0.3, -0.25) is 0 Å². The zero-order valence-electron chi connectivity index (χ0n) is 13.8. The first kappa shape index (κ1) is 16.7. The van der Waals surface area contributed by atoms with Crippen LogP contribution in [-0.2, 0) is 0 Å². The van der Waals surface area contributed by atoms with Crippen molar-refractivity contribution in [2.75, 3.05) is 31.5 Å². The summed E-state index contributed by atoms with van der Waals surface area (Å²) in [5.41, 5.74) is 1.60. The first-order valence-corrected chi connectivity index (χ1v) is 8.45. The molecule has 0 unspecified atom stereocenters. The highest BCUT2D eigenvalue weighted by molar-refractivity contribution is 5.81. The molecule has 0 aliphatic heterocycles. The molecule has 0 bridgehead atoms. The molecule has 0 atom stereocenters. The van der Waals surface area contributed by atoms with Crippen molar-refractivity contribution >= 4 is 17.0 Å². The van der Waals surface area contributed by atoms with Crippen molar-refractivity contribution in [2.24, 2.45) is 0 Å². The Hall–Kier alpha value is -1.69. The minimum atomic E-state index is 0.713. The van der Waals surface area contributed by atoms with Crippen LogP contribution < -0.4 is 5.32 Å². The van der Waals surface area contributed by atoms with E-state index in [-0.39, 0.29) is 0 Å². The number of aromatic nitrogens is 4. The van der Waals surface area contributed by atoms with Gasteiger partial charge in [0.05, 0.1) is 6.33 Å². The molecule has 0 aliphatic carbocycles. The number of anilines is 1. The highest BCUT2D eigenvalue weighted by Gasteiger charge is 2.06. The highest BCUT2D eigenvalue weighted by atomic mass is 15.1. The minimum Gasteiger partial charge on any atom is -0.368 e. The molecule has 0 saturated heterocycles. The van der Waals surface area contributed by atoms with Crippen molar-refractivity contribution < 1.29 is 0 Å². The maximum Gasteiger partial charge on any atom is 0.182 e. The van der Waals surface area contributed by atoms with Crippen LogP contribution >= 0.6 is 0 Å². The van der Waals surface area contributed by atoms with Gasteiger partial charge < -0.3 is 15.2 Å². The van der Waals surface area contributed by atoms with E-state index in [2.05, 4.69) is 44.0 Å². The maximum atomic E-state index is 4.29. The Morgan fingerprint density at radius 1 is 1.00 bits per heavy atom. The standard InChI is InChI=1S/C16H28N6/c1-3-5-9-22(10-6-4-2)11-7-8-17-15-14-16(19-12-18-14)21-13-20-15/h12-13H,3-11H2,1-2H3,(H2,17,18,19,20,21). The Balaban J connectivity index is 1.75. The molecule has 6 nitrogen and oxygen atoms in total. The van der Waals surface area contributed by atoms with Crippen LogP contribution in [0.4, 0.5) is 5.82 Å². The lowest BCUT2D eigenvalue weighted by atomic mass is 10.2. The van der Waals surface area contributed by atoms with E-state index in [9.17, 15) is 0 Å². The second kappa shape index (κ2) is 9.35. The van der Waals surface area contributed by atoms with E-state index in [1.807, 2.05) is 0 Å². The summed E-state index contributed by atoms with van der Waals surface area (Å²) in [5.74, 6) is 0.844. The number of nitrogens with zero attached hydrogens (tertiary/aromatic N) is 4. The summed E-state index contributed by atoms with van der Waals surface area (Å²) in [6.07, 6.45) is 9.43. The van der Waals surface area contributed by atoms with E-state index in [1.165, 1.54) is 38.8 Å². The van der Waals surface area contributed by atoms with Crippen LogP contribution in [0.1, 0.15) is 46.0 Å². The summed E-state index contributed by atoms with van der Waals surface area (Å²) in [5, 5.41) is 3.39. The third kappa shape index (κ3) is 4.94. The van der Waals surface area contributed by atoms with Gasteiger partial charge in [0, 0.05) is 6.54 Å². The molecule has 0 radical (unpaired) electrons. The van der Waals surface area contributed by atoms with Crippen LogP contribution in [0, 0.1) is 0 Å². The van der Waals surface area contributed by atoms with E-state index in [4.69, 9.17) is 0 Å². The average Bonchev–Trinajstić information content (AvgIpc) is 3.02. The van der Waals surface area contributed by atoms with Gasteiger partial charge in [0.15, 0.2) is 11.5 Å². The molecule has 0 aliphatic rings. The molecule has 2 aromatic rings. The van der Waals surface area contributed by atoms with E-state index < -0.39 is 0 Å². The zero-order valence-corrected chi connectivity index (χ0v) is 13.8. The van der Waals surface area contributed by atoms with Crippen molar-refractivity contribution in [3.8, 4) is 0 Å². The smallest absolute Gasteiger partial charge is 0.182 e. The Morgan fingerprint density at radius 2 is 1.73 bits per heavy atom. The number of unbranched alkanes of at least 4 members (excludes halogenated alkanes) is 2. The van der Waals surface area contributed by atoms with Gasteiger partial charge in [-0.1, -0.05) is 26.7 Å². The molecule has 2 aromatic heterocycles. The Kier molecular flexibility index (Phi) is 7.09. The number of nitrogens with one attached hydrogen (secondary N) is 2. The third-order valence-corrected chi connectivity index (χ3v) is 3.82. The fourth-order valence-electron chi connectivity index (χ4n) is 2.51. The molecule has 0 amide bonds. The van der Waals surface area contributed by atoms with Crippen LogP contribution in [0.15, 0.2) is 12.7 Å². The Morgan fingerprint density at radius 3 is 2.45 bits per heavy atom. The molecular weight excluding hydrogens is 276 g/mol. The van der Waals surface area contributed by atoms with Gasteiger partial charge in [-0.2, -0.15) is 0 Å². The molecule has 2 N–H and O–H groups in total. The molecule has 2 heterocycles. The van der Waals surface area contributed by atoms with E-state index in [0.29, 0.717) is 5.65 Å². The summed E-state index contributed by atoms with van der Waals surface area (Å²) in [4.78, 5) is 18.2. The maximum absolute atomic E-state index is 4.29. The summed E-state index contributed by atoms with van der Waals surface area (Å²) < 4.78 is 0. The molecule has 22 heavy (non-hydrogen) atoms. The number of H-pyrrole nitrogens is 1. The number of hydrogen-bond acceptors (Lipinski definition) is 5. The van der Waals surface area contributed by atoms with Gasteiger partial charge in [0.1, 0.15) is 11.8 Å². The fraction of sp³-hybridized carbons (Fsp3) is 0.688. The lowest BCUT2D eigenvalue weighted by molar-refractivity contribution is 0.264. The van der Waals surface area contributed by atoms with Crippen LogP contribution in [0.25, 0.3) is 11.2 Å². The van der Waals surface area contributed by atoms with Gasteiger partial charge >= 0.3 is 0 Å². The number of fused-ring (bicyclic) bond motifs is 1. The second-order valence-corrected chi connectivity index (χ2v) is 5.65. The van der Waals surface area contributed by atoms with Gasteiger partial charge in [0.2, 0.25) is 0 Å². The SMILES string of the molecule is CCCCN(CCCC)CCCNc1ncnc2nc[nH]c12. The van der Waals surface area contributed by atoms with Gasteiger partial charge in [-0.25, -0.2) is 15.0 Å². The van der Waals surface area contributed by atoms with Crippen LogP contribution in [0.2, 0.25) is 0 Å². The lowest BCUT2D eigenvalue weighted by Gasteiger charge is -2.22. The van der Waals surface area contributed by atoms with Crippen molar-refractivity contribution in [3.63, 3.8) is 0 Å². The monoisotopic (exact) mass is 304 g/mol. The average molecular weight is 304 g/mol. The summed E-state index contributed by atoms with van der Waals surface area (Å²) in [7, 11) is 0. The zero-order chi connectivity index (χ0) is 15.6. The van der Waals surface area contributed by atoms with E-state index in [0.717, 1.165) is 30.8 Å². The van der Waals surface area contributed by atoms with Crippen LogP contribution in [0.5, 0.6) is 0 Å². The summed E-state index contributed by atoms with van der Waals surface area (Å²) >= 11 is 0. The molecule has 0 spiro atoms. The molecule has 0 saturated carbocycles. The number of imidazole rings is 1.